The number of benzene rings is 1. The highest BCUT2D eigenvalue weighted by Crippen LogP contribution is 2.38. The van der Waals surface area contributed by atoms with E-state index >= 15 is 0 Å². The molecule has 2 aromatic rings. The second kappa shape index (κ2) is 4.37. The highest BCUT2D eigenvalue weighted by Gasteiger charge is 2.29. The lowest BCUT2D eigenvalue weighted by atomic mass is 10.3. The van der Waals surface area contributed by atoms with Crippen molar-refractivity contribution in [2.75, 3.05) is 0 Å². The summed E-state index contributed by atoms with van der Waals surface area (Å²) in [6.07, 6.45) is 2.30. The second-order valence-corrected chi connectivity index (χ2v) is 4.51. The highest BCUT2D eigenvalue weighted by atomic mass is 35.5. The van der Waals surface area contributed by atoms with Gasteiger partial charge in [-0.25, -0.2) is 0 Å². The summed E-state index contributed by atoms with van der Waals surface area (Å²) in [5.74, 6) is 2.49. The Bertz CT molecular complexity index is 523. The van der Waals surface area contributed by atoms with E-state index in [0.717, 1.165) is 18.7 Å². The predicted molar refractivity (Wildman–Crippen MR) is 62.1 cm³/mol. The highest BCUT2D eigenvalue weighted by molar-refractivity contribution is 6.30. The van der Waals surface area contributed by atoms with Gasteiger partial charge in [-0.05, 0) is 31.0 Å². The smallest absolute Gasteiger partial charge is 0.229 e. The van der Waals surface area contributed by atoms with E-state index in [1.165, 1.54) is 0 Å². The van der Waals surface area contributed by atoms with Crippen molar-refractivity contribution < 1.29 is 9.26 Å². The van der Waals surface area contributed by atoms with Crippen LogP contribution < -0.4 is 4.74 Å². The van der Waals surface area contributed by atoms with E-state index in [1.807, 2.05) is 12.1 Å². The van der Waals surface area contributed by atoms with Crippen LogP contribution in [0.3, 0.4) is 0 Å². The maximum Gasteiger partial charge on any atom is 0.229 e. The number of nitrogens with zero attached hydrogens (tertiary/aromatic N) is 2. The topological polar surface area (TPSA) is 48.2 Å². The fourth-order valence-corrected chi connectivity index (χ4v) is 1.71. The van der Waals surface area contributed by atoms with E-state index in [0.29, 0.717) is 29.1 Å². The van der Waals surface area contributed by atoms with Gasteiger partial charge >= 0.3 is 0 Å². The molecule has 1 aliphatic carbocycles. The molecule has 1 aromatic heterocycles. The Balaban J connectivity index is 1.62. The molecule has 0 N–H and O–H groups in total. The molecule has 1 fully saturated rings. The number of rotatable bonds is 4. The maximum atomic E-state index is 5.85. The molecule has 3 rings (SSSR count). The molecule has 0 radical (unpaired) electrons. The fourth-order valence-electron chi connectivity index (χ4n) is 1.53. The fraction of sp³-hybridized carbons (Fsp3) is 0.333. The molecule has 4 nitrogen and oxygen atoms in total. The molecule has 0 bridgehead atoms. The van der Waals surface area contributed by atoms with Crippen molar-refractivity contribution in [3.05, 3.63) is 41.0 Å². The van der Waals surface area contributed by atoms with Gasteiger partial charge in [0.2, 0.25) is 11.7 Å². The zero-order valence-electron chi connectivity index (χ0n) is 9.10. The predicted octanol–water partition coefficient (Wildman–Crippen LogP) is 3.18. The molecule has 1 heterocycles. The van der Waals surface area contributed by atoms with E-state index in [2.05, 4.69) is 10.1 Å². The lowest BCUT2D eigenvalue weighted by molar-refractivity contribution is 0.285. The first-order valence-electron chi connectivity index (χ1n) is 5.52. The van der Waals surface area contributed by atoms with Gasteiger partial charge in [0.15, 0.2) is 6.61 Å². The van der Waals surface area contributed by atoms with Gasteiger partial charge in [-0.2, -0.15) is 4.98 Å². The molecule has 5 heteroatoms. The van der Waals surface area contributed by atoms with Crippen molar-refractivity contribution in [1.82, 2.24) is 10.1 Å². The Morgan fingerprint density at radius 1 is 1.41 bits per heavy atom. The molecule has 0 unspecified atom stereocenters. The van der Waals surface area contributed by atoms with Gasteiger partial charge in [0.25, 0.3) is 0 Å². The first-order valence-corrected chi connectivity index (χ1v) is 5.90. The Kier molecular flexibility index (Phi) is 2.73. The lowest BCUT2D eigenvalue weighted by Crippen LogP contribution is -1.97. The molecule has 1 aromatic carbocycles. The van der Waals surface area contributed by atoms with E-state index in [9.17, 15) is 0 Å². The van der Waals surface area contributed by atoms with Crippen LogP contribution in [0, 0.1) is 0 Å². The number of aromatic nitrogens is 2. The van der Waals surface area contributed by atoms with Crippen LogP contribution in [-0.4, -0.2) is 10.1 Å². The first-order chi connectivity index (χ1) is 8.31. The quantitative estimate of drug-likeness (QED) is 0.836. The van der Waals surface area contributed by atoms with Gasteiger partial charge < -0.3 is 9.26 Å². The summed E-state index contributed by atoms with van der Waals surface area (Å²) in [5, 5.41) is 4.52. The summed E-state index contributed by atoms with van der Waals surface area (Å²) in [4.78, 5) is 4.27. The van der Waals surface area contributed by atoms with Crippen molar-refractivity contribution in [1.29, 1.82) is 0 Å². The summed E-state index contributed by atoms with van der Waals surface area (Å²) in [6.45, 7) is 0.302. The van der Waals surface area contributed by atoms with Crippen molar-refractivity contribution in [3.63, 3.8) is 0 Å². The van der Waals surface area contributed by atoms with E-state index in [1.54, 1.807) is 12.1 Å². The number of halogens is 1. The van der Waals surface area contributed by atoms with Gasteiger partial charge in [0.05, 0.1) is 0 Å². The molecular weight excluding hydrogens is 240 g/mol. The number of ether oxygens (including phenoxy) is 1. The summed E-state index contributed by atoms with van der Waals surface area (Å²) in [7, 11) is 0. The van der Waals surface area contributed by atoms with E-state index in [-0.39, 0.29) is 0 Å². The average molecular weight is 251 g/mol. The van der Waals surface area contributed by atoms with Crippen LogP contribution >= 0.6 is 11.6 Å². The summed E-state index contributed by atoms with van der Waals surface area (Å²) in [6, 6.07) is 7.23. The molecular formula is C12H11ClN2O2. The number of hydrogen-bond donors (Lipinski definition) is 0. The third kappa shape index (κ3) is 2.58. The van der Waals surface area contributed by atoms with Crippen molar-refractivity contribution in [3.8, 4) is 5.75 Å². The minimum Gasteiger partial charge on any atom is -0.485 e. The first kappa shape index (κ1) is 10.6. The Morgan fingerprint density at radius 2 is 2.29 bits per heavy atom. The van der Waals surface area contributed by atoms with Gasteiger partial charge in [0.1, 0.15) is 5.75 Å². The monoisotopic (exact) mass is 250 g/mol. The maximum absolute atomic E-state index is 5.85. The SMILES string of the molecule is Clc1cccc(OCc2noc(C3CC3)n2)c1. The van der Waals surface area contributed by atoms with Crippen LogP contribution in [0.4, 0.5) is 0 Å². The Labute approximate surface area is 104 Å². The largest absolute Gasteiger partial charge is 0.485 e. The van der Waals surface area contributed by atoms with Gasteiger partial charge in [-0.15, -0.1) is 0 Å². The summed E-state index contributed by atoms with van der Waals surface area (Å²) in [5.41, 5.74) is 0. The molecule has 88 valence electrons. The second-order valence-electron chi connectivity index (χ2n) is 4.07. The van der Waals surface area contributed by atoms with Crippen LogP contribution in [0.15, 0.2) is 28.8 Å². The lowest BCUT2D eigenvalue weighted by Gasteiger charge is -2.02. The summed E-state index contributed by atoms with van der Waals surface area (Å²) < 4.78 is 10.7. The van der Waals surface area contributed by atoms with Crippen LogP contribution in [0.5, 0.6) is 5.75 Å². The van der Waals surface area contributed by atoms with Crippen LogP contribution in [0.25, 0.3) is 0 Å². The van der Waals surface area contributed by atoms with Crippen LogP contribution in [0.2, 0.25) is 5.02 Å². The third-order valence-corrected chi connectivity index (χ3v) is 2.81. The molecule has 0 spiro atoms. The average Bonchev–Trinajstić information content (AvgIpc) is 3.07. The van der Waals surface area contributed by atoms with Crippen LogP contribution in [-0.2, 0) is 6.61 Å². The molecule has 1 saturated carbocycles. The zero-order chi connectivity index (χ0) is 11.7. The van der Waals surface area contributed by atoms with Gasteiger partial charge in [-0.3, -0.25) is 0 Å². The molecule has 0 amide bonds. The summed E-state index contributed by atoms with van der Waals surface area (Å²) >= 11 is 5.85. The number of hydrogen-bond acceptors (Lipinski definition) is 4. The molecule has 17 heavy (non-hydrogen) atoms. The van der Waals surface area contributed by atoms with Gasteiger partial charge in [-0.1, -0.05) is 22.8 Å². The van der Waals surface area contributed by atoms with Gasteiger partial charge in [0, 0.05) is 10.9 Å². The molecule has 0 saturated heterocycles. The van der Waals surface area contributed by atoms with E-state index in [4.69, 9.17) is 20.9 Å². The zero-order valence-corrected chi connectivity index (χ0v) is 9.85. The normalized spacial score (nSPS) is 14.9. The molecule has 0 atom stereocenters. The molecule has 1 aliphatic rings. The Hall–Kier alpha value is -1.55. The minimum atomic E-state index is 0.302. The van der Waals surface area contributed by atoms with Crippen molar-refractivity contribution >= 4 is 11.6 Å². The minimum absolute atomic E-state index is 0.302. The van der Waals surface area contributed by atoms with E-state index < -0.39 is 0 Å². The van der Waals surface area contributed by atoms with Crippen LogP contribution in [0.1, 0.15) is 30.5 Å². The molecule has 0 aliphatic heterocycles. The van der Waals surface area contributed by atoms with Crippen molar-refractivity contribution in [2.24, 2.45) is 0 Å². The standard InChI is InChI=1S/C12H11ClN2O2/c13-9-2-1-3-10(6-9)16-7-11-14-12(17-15-11)8-4-5-8/h1-3,6,8H,4-5,7H2. The third-order valence-electron chi connectivity index (χ3n) is 2.57. The van der Waals surface area contributed by atoms with Crippen molar-refractivity contribution in [2.45, 2.75) is 25.4 Å². The Morgan fingerprint density at radius 3 is 3.06 bits per heavy atom.